The van der Waals surface area contributed by atoms with Gasteiger partial charge in [-0.1, -0.05) is 6.07 Å². The van der Waals surface area contributed by atoms with Crippen molar-refractivity contribution in [1.29, 1.82) is 0 Å². The van der Waals surface area contributed by atoms with E-state index in [4.69, 9.17) is 0 Å². The van der Waals surface area contributed by atoms with E-state index in [0.717, 1.165) is 30.0 Å². The number of benzene rings is 1. The third-order valence-electron chi connectivity index (χ3n) is 6.93. The Morgan fingerprint density at radius 2 is 1.74 bits per heavy atom. The van der Waals surface area contributed by atoms with E-state index in [1.807, 2.05) is 19.1 Å². The van der Waals surface area contributed by atoms with Crippen LogP contribution in [0.25, 0.3) is 0 Å². The van der Waals surface area contributed by atoms with Crippen LogP contribution in [0.4, 0.5) is 21.8 Å². The number of rotatable bonds is 4. The van der Waals surface area contributed by atoms with Gasteiger partial charge in [0, 0.05) is 30.5 Å². The lowest BCUT2D eigenvalue weighted by molar-refractivity contribution is 0.102. The largest absolute Gasteiger partial charge is 0.371 e. The molecule has 1 N–H and O–H groups in total. The van der Waals surface area contributed by atoms with Gasteiger partial charge in [0.25, 0.3) is 5.91 Å². The van der Waals surface area contributed by atoms with Gasteiger partial charge in [-0.15, -0.1) is 0 Å². The molecule has 1 amide bonds. The summed E-state index contributed by atoms with van der Waals surface area (Å²) in [6.07, 6.45) is 5.13. The molecule has 3 fully saturated rings. The van der Waals surface area contributed by atoms with Crippen LogP contribution in [-0.2, 0) is 0 Å². The van der Waals surface area contributed by atoms with Crippen molar-refractivity contribution < 1.29 is 9.18 Å². The fourth-order valence-corrected chi connectivity index (χ4v) is 4.83. The lowest BCUT2D eigenvalue weighted by Crippen LogP contribution is -2.57. The molecule has 0 atom stereocenters. The first kappa shape index (κ1) is 20.2. The Morgan fingerprint density at radius 3 is 2.39 bits per heavy atom. The summed E-state index contributed by atoms with van der Waals surface area (Å²) in [5.74, 6) is 0.729. The van der Waals surface area contributed by atoms with Crippen molar-refractivity contribution in [2.24, 2.45) is 5.41 Å². The van der Waals surface area contributed by atoms with E-state index < -0.39 is 5.67 Å². The second-order valence-corrected chi connectivity index (χ2v) is 9.93. The van der Waals surface area contributed by atoms with Crippen molar-refractivity contribution in [2.75, 3.05) is 41.3 Å². The molecule has 7 heteroatoms. The SMILES string of the molecule is Cc1ccc(C(=O)Nc2cc(C)nc(N3CC(C)(F)C3)n2)c(N2CCC3(CC2)CC3)c1. The van der Waals surface area contributed by atoms with Crippen molar-refractivity contribution in [2.45, 2.75) is 52.1 Å². The quantitative estimate of drug-likeness (QED) is 0.796. The van der Waals surface area contributed by atoms with Crippen molar-refractivity contribution in [1.82, 2.24) is 9.97 Å². The molecule has 31 heavy (non-hydrogen) atoms. The molecule has 3 heterocycles. The number of amides is 1. The second kappa shape index (κ2) is 7.18. The molecule has 0 bridgehead atoms. The van der Waals surface area contributed by atoms with E-state index in [0.29, 0.717) is 22.7 Å². The zero-order valence-electron chi connectivity index (χ0n) is 18.5. The van der Waals surface area contributed by atoms with Gasteiger partial charge >= 0.3 is 0 Å². The Labute approximate surface area is 182 Å². The predicted molar refractivity (Wildman–Crippen MR) is 121 cm³/mol. The monoisotopic (exact) mass is 423 g/mol. The third-order valence-corrected chi connectivity index (χ3v) is 6.93. The molecule has 0 radical (unpaired) electrons. The van der Waals surface area contributed by atoms with Gasteiger partial charge < -0.3 is 15.1 Å². The molecular weight excluding hydrogens is 393 g/mol. The Bertz CT molecular complexity index is 1010. The van der Waals surface area contributed by atoms with Crippen LogP contribution in [0.1, 0.15) is 54.2 Å². The van der Waals surface area contributed by atoms with Crippen LogP contribution < -0.4 is 15.1 Å². The predicted octanol–water partition coefficient (Wildman–Crippen LogP) is 4.27. The van der Waals surface area contributed by atoms with Crippen molar-refractivity contribution >= 4 is 23.4 Å². The van der Waals surface area contributed by atoms with Gasteiger partial charge in [-0.2, -0.15) is 4.98 Å². The number of hydrogen-bond donors (Lipinski definition) is 1. The maximum absolute atomic E-state index is 13.9. The molecular formula is C24H30FN5O. The van der Waals surface area contributed by atoms with Gasteiger partial charge in [0.1, 0.15) is 11.5 Å². The van der Waals surface area contributed by atoms with E-state index in [2.05, 4.69) is 33.2 Å². The van der Waals surface area contributed by atoms with Crippen molar-refractivity contribution in [3.63, 3.8) is 0 Å². The highest BCUT2D eigenvalue weighted by molar-refractivity contribution is 6.08. The van der Waals surface area contributed by atoms with E-state index in [9.17, 15) is 9.18 Å². The zero-order valence-corrected chi connectivity index (χ0v) is 18.5. The van der Waals surface area contributed by atoms with Gasteiger partial charge in [-0.3, -0.25) is 4.79 Å². The van der Waals surface area contributed by atoms with Crippen LogP contribution in [0.5, 0.6) is 0 Å². The number of anilines is 3. The van der Waals surface area contributed by atoms with E-state index in [1.54, 1.807) is 17.9 Å². The third kappa shape index (κ3) is 4.10. The number of halogens is 1. The topological polar surface area (TPSA) is 61.4 Å². The molecule has 1 spiro atoms. The van der Waals surface area contributed by atoms with Crippen LogP contribution in [0.15, 0.2) is 24.3 Å². The zero-order chi connectivity index (χ0) is 21.8. The molecule has 5 rings (SSSR count). The molecule has 2 saturated heterocycles. The highest BCUT2D eigenvalue weighted by Gasteiger charge is 2.44. The van der Waals surface area contributed by atoms with Crippen molar-refractivity contribution in [3.8, 4) is 0 Å². The van der Waals surface area contributed by atoms with E-state index in [1.165, 1.54) is 25.7 Å². The maximum atomic E-state index is 13.9. The Hall–Kier alpha value is -2.70. The molecule has 6 nitrogen and oxygen atoms in total. The summed E-state index contributed by atoms with van der Waals surface area (Å²) in [5, 5.41) is 2.95. The van der Waals surface area contributed by atoms with Gasteiger partial charge in [0.05, 0.1) is 18.7 Å². The molecule has 3 aliphatic rings. The molecule has 164 valence electrons. The second-order valence-electron chi connectivity index (χ2n) is 9.93. The van der Waals surface area contributed by atoms with E-state index in [-0.39, 0.29) is 19.0 Å². The molecule has 0 unspecified atom stereocenters. The summed E-state index contributed by atoms with van der Waals surface area (Å²) < 4.78 is 13.9. The molecule has 2 aliphatic heterocycles. The highest BCUT2D eigenvalue weighted by Crippen LogP contribution is 2.54. The minimum absolute atomic E-state index is 0.176. The normalized spacial score (nSPS) is 21.0. The number of piperidine rings is 1. The molecule has 1 saturated carbocycles. The minimum Gasteiger partial charge on any atom is -0.371 e. The van der Waals surface area contributed by atoms with Crippen LogP contribution in [0.2, 0.25) is 0 Å². The molecule has 1 aliphatic carbocycles. The van der Waals surface area contributed by atoms with Crippen LogP contribution in [0, 0.1) is 19.3 Å². The number of hydrogen-bond acceptors (Lipinski definition) is 5. The lowest BCUT2D eigenvalue weighted by atomic mass is 9.92. The average molecular weight is 424 g/mol. The van der Waals surface area contributed by atoms with Crippen LogP contribution >= 0.6 is 0 Å². The maximum Gasteiger partial charge on any atom is 0.258 e. The van der Waals surface area contributed by atoms with Gasteiger partial charge in [-0.05, 0) is 69.6 Å². The van der Waals surface area contributed by atoms with E-state index >= 15 is 0 Å². The Morgan fingerprint density at radius 1 is 1.03 bits per heavy atom. The molecule has 1 aromatic carbocycles. The van der Waals surface area contributed by atoms with Gasteiger partial charge in [-0.25, -0.2) is 9.37 Å². The van der Waals surface area contributed by atoms with Crippen molar-refractivity contribution in [3.05, 3.63) is 41.1 Å². The van der Waals surface area contributed by atoms with Crippen LogP contribution in [0.3, 0.4) is 0 Å². The number of aromatic nitrogens is 2. The number of nitrogens with one attached hydrogen (secondary N) is 1. The molecule has 1 aromatic heterocycles. The molecule has 2 aromatic rings. The standard InChI is InChI=1S/C24H30FN5O/c1-16-4-5-18(19(12-16)29-10-8-24(6-7-24)9-11-29)21(31)27-20-13-17(2)26-22(28-20)30-14-23(3,25)15-30/h4-5,12-13H,6-11,14-15H2,1-3H3,(H,26,27,28,31). The summed E-state index contributed by atoms with van der Waals surface area (Å²) >= 11 is 0. The summed E-state index contributed by atoms with van der Waals surface area (Å²) in [5.41, 5.74) is 2.92. The number of aryl methyl sites for hydroxylation is 2. The first-order chi connectivity index (χ1) is 14.7. The van der Waals surface area contributed by atoms with Crippen LogP contribution in [-0.4, -0.2) is 47.7 Å². The first-order valence-corrected chi connectivity index (χ1v) is 11.2. The fourth-order valence-electron chi connectivity index (χ4n) is 4.83. The Balaban J connectivity index is 1.35. The smallest absolute Gasteiger partial charge is 0.258 e. The number of alkyl halides is 1. The summed E-state index contributed by atoms with van der Waals surface area (Å²) in [7, 11) is 0. The number of carbonyl (C=O) groups is 1. The van der Waals surface area contributed by atoms with Gasteiger partial charge in [0.2, 0.25) is 5.95 Å². The fraction of sp³-hybridized carbons (Fsp3) is 0.542. The number of nitrogens with zero attached hydrogens (tertiary/aromatic N) is 4. The van der Waals surface area contributed by atoms with Gasteiger partial charge in [0.15, 0.2) is 0 Å². The summed E-state index contributed by atoms with van der Waals surface area (Å²) in [4.78, 5) is 26.3. The average Bonchev–Trinajstić information content (AvgIpc) is 3.45. The first-order valence-electron chi connectivity index (χ1n) is 11.2. The lowest BCUT2D eigenvalue weighted by Gasteiger charge is -2.42. The Kier molecular flexibility index (Phi) is 4.68. The highest BCUT2D eigenvalue weighted by atomic mass is 19.1. The summed E-state index contributed by atoms with van der Waals surface area (Å²) in [6, 6.07) is 7.74. The summed E-state index contributed by atoms with van der Waals surface area (Å²) in [6.45, 7) is 8.02. The minimum atomic E-state index is -1.21. The number of carbonyl (C=O) groups excluding carboxylic acids is 1.